The van der Waals surface area contributed by atoms with Gasteiger partial charge < -0.3 is 19.4 Å². The quantitative estimate of drug-likeness (QED) is 0.461. The second-order valence-electron chi connectivity index (χ2n) is 9.20. The molecular weight excluding hydrogens is 430 g/mol. The minimum absolute atomic E-state index is 0.0249. The fourth-order valence-corrected chi connectivity index (χ4v) is 4.54. The molecule has 1 aliphatic rings. The third kappa shape index (κ3) is 3.81. The van der Waals surface area contributed by atoms with Gasteiger partial charge in [-0.1, -0.05) is 12.1 Å². The van der Waals surface area contributed by atoms with Crippen molar-refractivity contribution in [3.05, 3.63) is 53.9 Å². The molecule has 1 aromatic carbocycles. The molecule has 4 heterocycles. The molecule has 0 saturated carbocycles. The van der Waals surface area contributed by atoms with Gasteiger partial charge in [0, 0.05) is 18.0 Å². The van der Waals surface area contributed by atoms with E-state index in [9.17, 15) is 9.59 Å². The van der Waals surface area contributed by atoms with Crippen molar-refractivity contribution in [3.8, 4) is 0 Å². The summed E-state index contributed by atoms with van der Waals surface area (Å²) in [6.07, 6.45) is 0.925. The summed E-state index contributed by atoms with van der Waals surface area (Å²) in [6, 6.07) is 13.2. The van der Waals surface area contributed by atoms with Crippen molar-refractivity contribution in [3.63, 3.8) is 0 Å². The Morgan fingerprint density at radius 2 is 1.94 bits per heavy atom. The minimum atomic E-state index is -0.331. The van der Waals surface area contributed by atoms with Gasteiger partial charge in [-0.15, -0.1) is 0 Å². The predicted molar refractivity (Wildman–Crippen MR) is 132 cm³/mol. The van der Waals surface area contributed by atoms with Crippen LogP contribution in [0.5, 0.6) is 0 Å². The lowest BCUT2D eigenvalue weighted by Crippen LogP contribution is -2.44. The summed E-state index contributed by atoms with van der Waals surface area (Å²) < 4.78 is 3.97. The monoisotopic (exact) mass is 459 g/mol. The number of carbonyl (C=O) groups is 2. The van der Waals surface area contributed by atoms with Crippen LogP contribution in [-0.4, -0.2) is 62.5 Å². The van der Waals surface area contributed by atoms with Crippen LogP contribution in [0.1, 0.15) is 47.3 Å². The number of anilines is 1. The van der Waals surface area contributed by atoms with Crippen LogP contribution in [0, 0.1) is 0 Å². The second kappa shape index (κ2) is 8.57. The molecule has 4 aromatic rings. The van der Waals surface area contributed by atoms with Crippen LogP contribution in [0.2, 0.25) is 0 Å². The first-order valence-electron chi connectivity index (χ1n) is 11.6. The third-order valence-electron chi connectivity index (χ3n) is 6.51. The molecule has 0 aliphatic carbocycles. The molecule has 2 N–H and O–H groups in total. The zero-order chi connectivity index (χ0) is 24.0. The summed E-state index contributed by atoms with van der Waals surface area (Å²) in [6.45, 7) is 5.67. The Morgan fingerprint density at radius 3 is 2.74 bits per heavy atom. The molecule has 0 saturated heterocycles. The number of benzene rings is 1. The van der Waals surface area contributed by atoms with E-state index >= 15 is 0 Å². The summed E-state index contributed by atoms with van der Waals surface area (Å²) in [5.74, 6) is 0.0500. The van der Waals surface area contributed by atoms with Crippen molar-refractivity contribution < 1.29 is 9.59 Å². The van der Waals surface area contributed by atoms with E-state index in [0.717, 1.165) is 35.9 Å². The average molecular weight is 460 g/mol. The maximum absolute atomic E-state index is 13.2. The summed E-state index contributed by atoms with van der Waals surface area (Å²) in [5.41, 5.74) is 3.30. The average Bonchev–Trinajstić information content (AvgIpc) is 3.36. The van der Waals surface area contributed by atoms with Gasteiger partial charge in [0.15, 0.2) is 0 Å². The Morgan fingerprint density at radius 1 is 1.15 bits per heavy atom. The predicted octanol–water partition coefficient (Wildman–Crippen LogP) is 3.28. The smallest absolute Gasteiger partial charge is 0.276 e. The summed E-state index contributed by atoms with van der Waals surface area (Å²) in [7, 11) is 4.09. The van der Waals surface area contributed by atoms with Gasteiger partial charge >= 0.3 is 0 Å². The first-order chi connectivity index (χ1) is 16.3. The highest BCUT2D eigenvalue weighted by Crippen LogP contribution is 2.28. The highest BCUT2D eigenvalue weighted by Gasteiger charge is 2.30. The Hall–Kier alpha value is -3.72. The second-order valence-corrected chi connectivity index (χ2v) is 9.20. The molecule has 176 valence electrons. The lowest BCUT2D eigenvalue weighted by atomic mass is 10.1. The highest BCUT2D eigenvalue weighted by molar-refractivity contribution is 6.05. The number of nitrogens with one attached hydrogen (secondary N) is 2. The Labute approximate surface area is 197 Å². The van der Waals surface area contributed by atoms with Gasteiger partial charge in [-0.3, -0.25) is 14.9 Å². The van der Waals surface area contributed by atoms with Crippen molar-refractivity contribution in [2.75, 3.05) is 26.0 Å². The van der Waals surface area contributed by atoms with E-state index in [2.05, 4.69) is 25.5 Å². The molecule has 0 fully saturated rings. The van der Waals surface area contributed by atoms with Crippen molar-refractivity contribution in [2.45, 2.75) is 38.9 Å². The van der Waals surface area contributed by atoms with E-state index in [-0.39, 0.29) is 29.6 Å². The SMILES string of the molecule is C[C@H]1NC(=O)c2cc3ccc(C(=O)Nc4nc5ccccc5n4CCCN(C)C)nc3n2[C@H]1C. The van der Waals surface area contributed by atoms with Crippen molar-refractivity contribution in [1.82, 2.24) is 29.3 Å². The van der Waals surface area contributed by atoms with Crippen LogP contribution < -0.4 is 10.6 Å². The van der Waals surface area contributed by atoms with E-state index < -0.39 is 0 Å². The van der Waals surface area contributed by atoms with Crippen molar-refractivity contribution >= 4 is 39.8 Å². The molecule has 0 radical (unpaired) electrons. The molecule has 9 nitrogen and oxygen atoms in total. The van der Waals surface area contributed by atoms with Crippen LogP contribution in [0.3, 0.4) is 0 Å². The van der Waals surface area contributed by atoms with Crippen molar-refractivity contribution in [2.24, 2.45) is 0 Å². The topological polar surface area (TPSA) is 97.1 Å². The van der Waals surface area contributed by atoms with E-state index in [1.807, 2.05) is 73.5 Å². The van der Waals surface area contributed by atoms with Gasteiger partial charge in [0.2, 0.25) is 5.95 Å². The molecule has 34 heavy (non-hydrogen) atoms. The number of amides is 2. The van der Waals surface area contributed by atoms with E-state index in [0.29, 0.717) is 17.3 Å². The molecular formula is C25H29N7O2. The number of para-hydroxylation sites is 2. The lowest BCUT2D eigenvalue weighted by Gasteiger charge is -2.29. The number of carbonyl (C=O) groups excluding carboxylic acids is 2. The number of hydrogen-bond acceptors (Lipinski definition) is 5. The highest BCUT2D eigenvalue weighted by atomic mass is 16.2. The minimum Gasteiger partial charge on any atom is -0.346 e. The molecule has 3 aromatic heterocycles. The first-order valence-corrected chi connectivity index (χ1v) is 11.6. The van der Waals surface area contributed by atoms with Gasteiger partial charge in [0.1, 0.15) is 17.0 Å². The molecule has 1 aliphatic heterocycles. The van der Waals surface area contributed by atoms with Gasteiger partial charge in [-0.25, -0.2) is 9.97 Å². The molecule has 2 amide bonds. The van der Waals surface area contributed by atoms with Gasteiger partial charge in [-0.05, 0) is 71.2 Å². The van der Waals surface area contributed by atoms with Crippen LogP contribution in [0.25, 0.3) is 22.1 Å². The zero-order valence-electron chi connectivity index (χ0n) is 19.9. The normalized spacial score (nSPS) is 17.9. The molecule has 0 bridgehead atoms. The molecule has 0 spiro atoms. The molecule has 2 atom stereocenters. The maximum atomic E-state index is 13.2. The Bertz CT molecular complexity index is 1400. The summed E-state index contributed by atoms with van der Waals surface area (Å²) in [5, 5.41) is 6.78. The Balaban J connectivity index is 1.48. The fraction of sp³-hybridized carbons (Fsp3) is 0.360. The number of nitrogens with zero attached hydrogens (tertiary/aromatic N) is 5. The van der Waals surface area contributed by atoms with Crippen LogP contribution in [0.4, 0.5) is 5.95 Å². The first kappa shape index (κ1) is 22.1. The Kier molecular flexibility index (Phi) is 5.57. The lowest BCUT2D eigenvalue weighted by molar-refractivity contribution is 0.0891. The number of fused-ring (bicyclic) bond motifs is 4. The van der Waals surface area contributed by atoms with Gasteiger partial charge in [0.05, 0.1) is 17.1 Å². The van der Waals surface area contributed by atoms with E-state index in [4.69, 9.17) is 0 Å². The van der Waals surface area contributed by atoms with Gasteiger partial charge in [0.25, 0.3) is 11.8 Å². The largest absolute Gasteiger partial charge is 0.346 e. The fourth-order valence-electron chi connectivity index (χ4n) is 4.54. The number of aryl methyl sites for hydroxylation is 1. The van der Waals surface area contributed by atoms with Crippen LogP contribution in [0.15, 0.2) is 42.5 Å². The number of imidazole rings is 1. The van der Waals surface area contributed by atoms with Crippen molar-refractivity contribution in [1.29, 1.82) is 0 Å². The molecule has 9 heteroatoms. The van der Waals surface area contributed by atoms with Crippen LogP contribution >= 0.6 is 0 Å². The number of pyridine rings is 1. The standard InChI is InChI=1S/C25H29N7O2/c1-15-16(2)32-21(24(34)26-15)14-17-10-11-19(27-22(17)32)23(33)29-25-28-18-8-5-6-9-20(18)31(25)13-7-12-30(3)4/h5-6,8-11,14-16H,7,12-13H2,1-4H3,(H,26,34)(H,28,29,33)/t15-,16+/m1/s1. The molecule has 0 unspecified atom stereocenters. The number of aromatic nitrogens is 4. The van der Waals surface area contributed by atoms with E-state index in [1.165, 1.54) is 0 Å². The van der Waals surface area contributed by atoms with E-state index in [1.54, 1.807) is 6.07 Å². The van der Waals surface area contributed by atoms with Gasteiger partial charge in [-0.2, -0.15) is 0 Å². The van der Waals surface area contributed by atoms with Crippen LogP contribution in [-0.2, 0) is 6.54 Å². The number of rotatable bonds is 6. The number of hydrogen-bond donors (Lipinski definition) is 2. The third-order valence-corrected chi connectivity index (χ3v) is 6.51. The maximum Gasteiger partial charge on any atom is 0.276 e. The summed E-state index contributed by atoms with van der Waals surface area (Å²) in [4.78, 5) is 37.2. The zero-order valence-corrected chi connectivity index (χ0v) is 19.9. The summed E-state index contributed by atoms with van der Waals surface area (Å²) >= 11 is 0. The molecule has 5 rings (SSSR count).